The molecule has 0 aliphatic heterocycles. The fourth-order valence-corrected chi connectivity index (χ4v) is 3.31. The first-order chi connectivity index (χ1) is 11.8. The van der Waals surface area contributed by atoms with E-state index in [-0.39, 0.29) is 0 Å². The molecule has 0 atom stereocenters. The second-order valence-electron chi connectivity index (χ2n) is 6.11. The smallest absolute Gasteiger partial charge is 0.122 e. The lowest BCUT2D eigenvalue weighted by atomic mass is 10.0. The van der Waals surface area contributed by atoms with Gasteiger partial charge >= 0.3 is 0 Å². The van der Waals surface area contributed by atoms with Crippen molar-refractivity contribution in [2.45, 2.75) is 6.92 Å². The van der Waals surface area contributed by atoms with E-state index in [2.05, 4.69) is 79.7 Å². The Balaban J connectivity index is 1.93. The highest BCUT2D eigenvalue weighted by molar-refractivity contribution is 6.22. The third-order valence-electron chi connectivity index (χ3n) is 4.53. The zero-order valence-electron chi connectivity index (χ0n) is 13.3. The normalized spacial score (nSPS) is 11.5. The van der Waals surface area contributed by atoms with Crippen LogP contribution in [0.5, 0.6) is 0 Å². The minimum absolute atomic E-state index is 0.949. The molecule has 5 rings (SSSR count). The Kier molecular flexibility index (Phi) is 2.71. The second-order valence-corrected chi connectivity index (χ2v) is 6.11. The molecule has 0 unspecified atom stereocenters. The Morgan fingerprint density at radius 3 is 1.54 bits per heavy atom. The van der Waals surface area contributed by atoms with Crippen LogP contribution in [0.15, 0.2) is 72.8 Å². The number of aryl methyl sites for hydroxylation is 1. The largest absolute Gasteiger partial charge is 0.150 e. The molecule has 0 amide bonds. The summed E-state index contributed by atoms with van der Waals surface area (Å²) in [5.41, 5.74) is 4.10. The molecule has 0 saturated heterocycles. The summed E-state index contributed by atoms with van der Waals surface area (Å²) in [4.78, 5) is 1.74. The maximum atomic E-state index is 4.80. The molecule has 3 nitrogen and oxygen atoms in total. The van der Waals surface area contributed by atoms with Gasteiger partial charge in [0, 0.05) is 10.8 Å². The SMILES string of the molecule is Cc1ccc(-n2nc3c4ccccc4c4ccccc4c3n2)cc1. The van der Waals surface area contributed by atoms with Gasteiger partial charge in [0.25, 0.3) is 0 Å². The Morgan fingerprint density at radius 2 is 1.04 bits per heavy atom. The molecule has 0 aliphatic carbocycles. The van der Waals surface area contributed by atoms with E-state index < -0.39 is 0 Å². The topological polar surface area (TPSA) is 30.7 Å². The summed E-state index contributed by atoms with van der Waals surface area (Å²) >= 11 is 0. The Bertz CT molecular complexity index is 1130. The molecular weight excluding hydrogens is 294 g/mol. The number of hydrogen-bond acceptors (Lipinski definition) is 2. The van der Waals surface area contributed by atoms with Crippen molar-refractivity contribution < 1.29 is 0 Å². The zero-order chi connectivity index (χ0) is 16.1. The fourth-order valence-electron chi connectivity index (χ4n) is 3.31. The maximum Gasteiger partial charge on any atom is 0.122 e. The van der Waals surface area contributed by atoms with E-state index in [1.165, 1.54) is 16.3 Å². The quantitative estimate of drug-likeness (QED) is 0.406. The minimum Gasteiger partial charge on any atom is -0.150 e. The predicted octanol–water partition coefficient (Wildman–Crippen LogP) is 5.04. The number of rotatable bonds is 1. The maximum absolute atomic E-state index is 4.80. The lowest BCUT2D eigenvalue weighted by molar-refractivity contribution is 0.766. The van der Waals surface area contributed by atoms with E-state index in [1.807, 2.05) is 0 Å². The summed E-state index contributed by atoms with van der Waals surface area (Å²) in [6, 6.07) is 25.1. The standard InChI is InChI=1S/C21H15N3/c1-14-10-12-15(13-11-14)24-22-20-18-8-4-2-6-16(18)17-7-3-5-9-19(17)21(20)23-24/h2-13H,1H3. The molecule has 3 heteroatoms. The van der Waals surface area contributed by atoms with Gasteiger partial charge in [-0.3, -0.25) is 0 Å². The molecule has 0 spiro atoms. The molecule has 0 fully saturated rings. The molecule has 0 N–H and O–H groups in total. The van der Waals surface area contributed by atoms with Crippen LogP contribution in [0.2, 0.25) is 0 Å². The first-order valence-electron chi connectivity index (χ1n) is 8.05. The van der Waals surface area contributed by atoms with Crippen LogP contribution in [0.4, 0.5) is 0 Å². The summed E-state index contributed by atoms with van der Waals surface area (Å²) < 4.78 is 0. The summed E-state index contributed by atoms with van der Waals surface area (Å²) in [6.45, 7) is 2.08. The van der Waals surface area contributed by atoms with Crippen molar-refractivity contribution >= 4 is 32.6 Å². The van der Waals surface area contributed by atoms with Gasteiger partial charge in [0.15, 0.2) is 0 Å². The van der Waals surface area contributed by atoms with Crippen molar-refractivity contribution in [1.29, 1.82) is 0 Å². The Hall–Kier alpha value is -3.20. The van der Waals surface area contributed by atoms with Gasteiger partial charge in [-0.25, -0.2) is 0 Å². The van der Waals surface area contributed by atoms with Gasteiger partial charge in [-0.2, -0.15) is 4.80 Å². The molecule has 114 valence electrons. The molecule has 0 radical (unpaired) electrons. The van der Waals surface area contributed by atoms with Crippen molar-refractivity contribution in [2.75, 3.05) is 0 Å². The molecule has 1 aromatic heterocycles. The number of fused-ring (bicyclic) bond motifs is 6. The van der Waals surface area contributed by atoms with Gasteiger partial charge in [-0.15, -0.1) is 10.2 Å². The highest BCUT2D eigenvalue weighted by Gasteiger charge is 2.13. The summed E-state index contributed by atoms with van der Waals surface area (Å²) in [5.74, 6) is 0. The van der Waals surface area contributed by atoms with E-state index in [9.17, 15) is 0 Å². The van der Waals surface area contributed by atoms with Crippen LogP contribution >= 0.6 is 0 Å². The van der Waals surface area contributed by atoms with Gasteiger partial charge < -0.3 is 0 Å². The number of aromatic nitrogens is 3. The number of nitrogens with zero attached hydrogens (tertiary/aromatic N) is 3. The van der Waals surface area contributed by atoms with Crippen LogP contribution in [0.1, 0.15) is 5.56 Å². The first kappa shape index (κ1) is 13.3. The first-order valence-corrected chi connectivity index (χ1v) is 8.05. The Labute approximate surface area is 139 Å². The predicted molar refractivity (Wildman–Crippen MR) is 98.6 cm³/mol. The molecule has 24 heavy (non-hydrogen) atoms. The van der Waals surface area contributed by atoms with Crippen molar-refractivity contribution in [3.63, 3.8) is 0 Å². The van der Waals surface area contributed by atoms with Gasteiger partial charge in [-0.1, -0.05) is 66.2 Å². The summed E-state index contributed by atoms with van der Waals surface area (Å²) in [6.07, 6.45) is 0. The molecule has 1 heterocycles. The monoisotopic (exact) mass is 309 g/mol. The van der Waals surface area contributed by atoms with Crippen LogP contribution in [-0.4, -0.2) is 15.0 Å². The van der Waals surface area contributed by atoms with Crippen LogP contribution in [0.3, 0.4) is 0 Å². The molecule has 0 bridgehead atoms. The highest BCUT2D eigenvalue weighted by atomic mass is 15.5. The summed E-state index contributed by atoms with van der Waals surface area (Å²) in [5, 5.41) is 14.3. The summed E-state index contributed by atoms with van der Waals surface area (Å²) in [7, 11) is 0. The van der Waals surface area contributed by atoms with Crippen LogP contribution in [0.25, 0.3) is 38.3 Å². The second kappa shape index (κ2) is 4.90. The van der Waals surface area contributed by atoms with Crippen molar-refractivity contribution in [3.05, 3.63) is 78.4 Å². The third kappa shape index (κ3) is 1.85. The van der Waals surface area contributed by atoms with Crippen molar-refractivity contribution in [1.82, 2.24) is 15.0 Å². The molecule has 0 saturated carbocycles. The van der Waals surface area contributed by atoms with E-state index in [1.54, 1.807) is 4.80 Å². The van der Waals surface area contributed by atoms with Crippen molar-refractivity contribution in [2.24, 2.45) is 0 Å². The lowest BCUT2D eigenvalue weighted by Gasteiger charge is -2.04. The minimum atomic E-state index is 0.949. The van der Waals surface area contributed by atoms with Crippen LogP contribution < -0.4 is 0 Å². The van der Waals surface area contributed by atoms with E-state index >= 15 is 0 Å². The molecule has 5 aromatic rings. The van der Waals surface area contributed by atoms with Crippen LogP contribution in [-0.2, 0) is 0 Å². The van der Waals surface area contributed by atoms with Gasteiger partial charge in [0.2, 0.25) is 0 Å². The lowest BCUT2D eigenvalue weighted by Crippen LogP contribution is -1.97. The van der Waals surface area contributed by atoms with E-state index in [0.29, 0.717) is 0 Å². The average molecular weight is 309 g/mol. The zero-order valence-corrected chi connectivity index (χ0v) is 13.3. The number of benzene rings is 4. The molecule has 0 aliphatic rings. The van der Waals surface area contributed by atoms with E-state index in [0.717, 1.165) is 27.5 Å². The third-order valence-corrected chi connectivity index (χ3v) is 4.53. The highest BCUT2D eigenvalue weighted by Crippen LogP contribution is 2.33. The fraction of sp³-hybridized carbons (Fsp3) is 0.0476. The van der Waals surface area contributed by atoms with Crippen LogP contribution in [0, 0.1) is 6.92 Å². The van der Waals surface area contributed by atoms with Crippen molar-refractivity contribution in [3.8, 4) is 5.69 Å². The van der Waals surface area contributed by atoms with Gasteiger partial charge in [-0.05, 0) is 29.8 Å². The Morgan fingerprint density at radius 1 is 0.583 bits per heavy atom. The van der Waals surface area contributed by atoms with Gasteiger partial charge in [0.1, 0.15) is 11.0 Å². The van der Waals surface area contributed by atoms with E-state index in [4.69, 9.17) is 10.2 Å². The van der Waals surface area contributed by atoms with Gasteiger partial charge in [0.05, 0.1) is 5.69 Å². The average Bonchev–Trinajstić information content (AvgIpc) is 3.08. The molecule has 4 aromatic carbocycles. The number of hydrogen-bond donors (Lipinski definition) is 0. The molecular formula is C21H15N3.